The molecule has 2 aliphatic rings. The second kappa shape index (κ2) is 5.87. The Kier molecular flexibility index (Phi) is 4.18. The van der Waals surface area contributed by atoms with E-state index in [2.05, 4.69) is 5.32 Å². The third-order valence-corrected chi connectivity index (χ3v) is 5.89. The average molecular weight is 383 g/mol. The number of rotatable bonds is 4. The highest BCUT2D eigenvalue weighted by molar-refractivity contribution is 7.91. The van der Waals surface area contributed by atoms with Crippen LogP contribution in [0.4, 0.5) is 4.79 Å². The average Bonchev–Trinajstić information content (AvgIpc) is 2.93. The van der Waals surface area contributed by atoms with Crippen molar-refractivity contribution in [1.29, 1.82) is 0 Å². The maximum Gasteiger partial charge on any atom is 0.408 e. The number of carbonyl (C=O) groups is 2. The van der Waals surface area contributed by atoms with Gasteiger partial charge in [-0.3, -0.25) is 0 Å². The molecule has 1 aromatic carbocycles. The van der Waals surface area contributed by atoms with Crippen LogP contribution in [0, 0.1) is 0 Å². The summed E-state index contributed by atoms with van der Waals surface area (Å²) in [6.07, 6.45) is 0.666. The summed E-state index contributed by atoms with van der Waals surface area (Å²) >= 11 is 0. The normalized spacial score (nSPS) is 26.9. The quantitative estimate of drug-likeness (QED) is 0.783. The van der Waals surface area contributed by atoms with Crippen molar-refractivity contribution in [3.8, 4) is 11.5 Å². The second-order valence-corrected chi connectivity index (χ2v) is 9.69. The molecule has 0 bridgehead atoms. The van der Waals surface area contributed by atoms with Gasteiger partial charge in [-0.05, 0) is 38.5 Å². The maximum absolute atomic E-state index is 12.2. The molecule has 0 aromatic heterocycles. The first-order valence-electron chi connectivity index (χ1n) is 8.04. The van der Waals surface area contributed by atoms with Crippen molar-refractivity contribution in [3.05, 3.63) is 23.8 Å². The molecule has 0 saturated heterocycles. The summed E-state index contributed by atoms with van der Waals surface area (Å²) in [6.45, 7) is 5.11. The van der Waals surface area contributed by atoms with Crippen molar-refractivity contribution in [2.75, 3.05) is 13.0 Å². The largest absolute Gasteiger partial charge is 0.454 e. The fraction of sp³-hybridized carbons (Fsp3) is 0.529. The Morgan fingerprint density at radius 2 is 1.96 bits per heavy atom. The van der Waals surface area contributed by atoms with Crippen LogP contribution in [0.2, 0.25) is 0 Å². The fourth-order valence-corrected chi connectivity index (χ4v) is 5.10. The lowest BCUT2D eigenvalue weighted by molar-refractivity contribution is -0.110. The molecule has 142 valence electrons. The first-order chi connectivity index (χ1) is 12.0. The Morgan fingerprint density at radius 1 is 1.31 bits per heavy atom. The van der Waals surface area contributed by atoms with Crippen LogP contribution in [0.15, 0.2) is 18.2 Å². The lowest BCUT2D eigenvalue weighted by Crippen LogP contribution is -2.45. The molecule has 8 nitrogen and oxygen atoms in total. The van der Waals surface area contributed by atoms with E-state index in [1.54, 1.807) is 39.0 Å². The summed E-state index contributed by atoms with van der Waals surface area (Å²) in [5.41, 5.74) is -1.80. The van der Waals surface area contributed by atoms with Gasteiger partial charge in [0.25, 0.3) is 0 Å². The van der Waals surface area contributed by atoms with Gasteiger partial charge in [-0.1, -0.05) is 6.07 Å². The number of alkyl carbamates (subject to hydrolysis) is 1. The van der Waals surface area contributed by atoms with E-state index in [0.717, 1.165) is 6.26 Å². The van der Waals surface area contributed by atoms with Crippen molar-refractivity contribution in [2.24, 2.45) is 0 Å². The van der Waals surface area contributed by atoms with Gasteiger partial charge in [0.1, 0.15) is 22.7 Å². The van der Waals surface area contributed by atoms with E-state index in [0.29, 0.717) is 23.3 Å². The van der Waals surface area contributed by atoms with Gasteiger partial charge in [0, 0.05) is 12.2 Å². The number of benzene rings is 1. The molecule has 1 N–H and O–H groups in total. The molecule has 0 spiro atoms. The van der Waals surface area contributed by atoms with Crippen LogP contribution < -0.4 is 14.8 Å². The van der Waals surface area contributed by atoms with E-state index in [1.807, 2.05) is 0 Å². The zero-order chi connectivity index (χ0) is 19.3. The first-order valence-corrected chi connectivity index (χ1v) is 9.99. The second-order valence-electron chi connectivity index (χ2n) is 7.52. The molecule has 1 heterocycles. The fourth-order valence-electron chi connectivity index (χ4n) is 3.33. The number of carbonyl (C=O) groups excluding carboxylic acids is 2. The molecule has 1 aromatic rings. The van der Waals surface area contributed by atoms with Gasteiger partial charge in [0.05, 0.1) is 0 Å². The summed E-state index contributed by atoms with van der Waals surface area (Å²) in [4.78, 5) is 24.1. The molecule has 9 heteroatoms. The van der Waals surface area contributed by atoms with E-state index in [9.17, 15) is 18.0 Å². The van der Waals surface area contributed by atoms with Gasteiger partial charge in [0.15, 0.2) is 21.3 Å². The van der Waals surface area contributed by atoms with Crippen LogP contribution in [0.5, 0.6) is 11.5 Å². The smallest absolute Gasteiger partial charge is 0.408 e. The SMILES string of the molecule is CC(C)(C)OC(=O)N[C@@]1(C=O)[C@H](c2ccc3c(c2)OCO3)[C@@H]1S(C)(=O)=O. The number of hydrogen-bond donors (Lipinski definition) is 1. The molecule has 0 radical (unpaired) electrons. The molecule has 1 fully saturated rings. The van der Waals surface area contributed by atoms with Crippen LogP contribution in [0.1, 0.15) is 32.3 Å². The van der Waals surface area contributed by atoms with E-state index < -0.39 is 38.2 Å². The predicted octanol–water partition coefficient (Wildman–Crippen LogP) is 1.39. The number of hydrogen-bond acceptors (Lipinski definition) is 7. The Hall–Kier alpha value is -2.29. The highest BCUT2D eigenvalue weighted by Crippen LogP contribution is 2.55. The Labute approximate surface area is 151 Å². The maximum atomic E-state index is 12.2. The van der Waals surface area contributed by atoms with Gasteiger partial charge >= 0.3 is 6.09 Å². The Morgan fingerprint density at radius 3 is 2.54 bits per heavy atom. The van der Waals surface area contributed by atoms with Crippen LogP contribution in [0.25, 0.3) is 0 Å². The highest BCUT2D eigenvalue weighted by atomic mass is 32.2. The standard InChI is InChI=1S/C17H21NO7S/c1-16(2,3)25-15(20)18-17(8-19)13(14(17)26(4,21)22)10-5-6-11-12(7-10)24-9-23-11/h5-8,13-14H,9H2,1-4H3,(H,18,20)/t13-,14+,17+/m1/s1. The molecule has 26 heavy (non-hydrogen) atoms. The topological polar surface area (TPSA) is 108 Å². The number of nitrogens with one attached hydrogen (secondary N) is 1. The van der Waals surface area contributed by atoms with Gasteiger partial charge in [-0.25, -0.2) is 13.2 Å². The van der Waals surface area contributed by atoms with Crippen LogP contribution in [0.3, 0.4) is 0 Å². The van der Waals surface area contributed by atoms with Gasteiger partial charge in [-0.15, -0.1) is 0 Å². The monoisotopic (exact) mass is 383 g/mol. The molecule has 1 aliphatic carbocycles. The third kappa shape index (κ3) is 3.23. The molecule has 1 saturated carbocycles. The van der Waals surface area contributed by atoms with Crippen molar-refractivity contribution in [3.63, 3.8) is 0 Å². The zero-order valence-electron chi connectivity index (χ0n) is 14.9. The van der Waals surface area contributed by atoms with Crippen molar-refractivity contribution >= 4 is 22.2 Å². The Balaban J connectivity index is 1.94. The number of amides is 1. The summed E-state index contributed by atoms with van der Waals surface area (Å²) in [5.74, 6) is 0.276. The number of fused-ring (bicyclic) bond motifs is 1. The number of sulfone groups is 1. The minimum absolute atomic E-state index is 0.0773. The number of aldehydes is 1. The van der Waals surface area contributed by atoms with E-state index >= 15 is 0 Å². The summed E-state index contributed by atoms with van der Waals surface area (Å²) in [5, 5.41) is 1.38. The molecule has 3 atom stereocenters. The molecule has 1 amide bonds. The lowest BCUT2D eigenvalue weighted by Gasteiger charge is -2.22. The van der Waals surface area contributed by atoms with Crippen LogP contribution in [-0.2, 0) is 19.4 Å². The van der Waals surface area contributed by atoms with E-state index in [-0.39, 0.29) is 6.79 Å². The van der Waals surface area contributed by atoms with Crippen molar-refractivity contribution < 1.29 is 32.2 Å². The summed E-state index contributed by atoms with van der Waals surface area (Å²) in [7, 11) is -3.62. The minimum Gasteiger partial charge on any atom is -0.454 e. The molecular weight excluding hydrogens is 362 g/mol. The molecule has 1 aliphatic heterocycles. The van der Waals surface area contributed by atoms with E-state index in [4.69, 9.17) is 14.2 Å². The van der Waals surface area contributed by atoms with E-state index in [1.165, 1.54) is 0 Å². The minimum atomic E-state index is -3.62. The predicted molar refractivity (Wildman–Crippen MR) is 92.1 cm³/mol. The van der Waals surface area contributed by atoms with Gasteiger partial charge in [0.2, 0.25) is 6.79 Å². The number of ether oxygens (including phenoxy) is 3. The van der Waals surface area contributed by atoms with Gasteiger partial charge in [-0.2, -0.15) is 0 Å². The summed E-state index contributed by atoms with van der Waals surface area (Å²) < 4.78 is 40.2. The molecular formula is C17H21NO7S. The van der Waals surface area contributed by atoms with Crippen LogP contribution >= 0.6 is 0 Å². The van der Waals surface area contributed by atoms with Crippen molar-refractivity contribution in [1.82, 2.24) is 5.32 Å². The van der Waals surface area contributed by atoms with Crippen LogP contribution in [-0.4, -0.2) is 50.2 Å². The zero-order valence-corrected chi connectivity index (χ0v) is 15.8. The molecule has 0 unspecified atom stereocenters. The summed E-state index contributed by atoms with van der Waals surface area (Å²) in [6, 6.07) is 4.95. The highest BCUT2D eigenvalue weighted by Gasteiger charge is 2.72. The van der Waals surface area contributed by atoms with Gasteiger partial charge < -0.3 is 24.3 Å². The lowest BCUT2D eigenvalue weighted by atomic mass is 10.1. The third-order valence-electron chi connectivity index (χ3n) is 4.31. The molecule has 3 rings (SSSR count). The Bertz CT molecular complexity index is 858. The first kappa shape index (κ1) is 18.5. The van der Waals surface area contributed by atoms with Crippen molar-refractivity contribution in [2.45, 2.75) is 43.1 Å².